The van der Waals surface area contributed by atoms with Gasteiger partial charge in [-0.3, -0.25) is 23.7 Å². The summed E-state index contributed by atoms with van der Waals surface area (Å²) >= 11 is 3.70. The third-order valence-corrected chi connectivity index (χ3v) is 9.99. The average Bonchev–Trinajstić information content (AvgIpc) is 3.83. The van der Waals surface area contributed by atoms with Crippen LogP contribution in [0.25, 0.3) is 22.1 Å². The highest BCUT2D eigenvalue weighted by atomic mass is 79.9. The lowest BCUT2D eigenvalue weighted by atomic mass is 10.1. The van der Waals surface area contributed by atoms with Crippen LogP contribution in [0, 0.1) is 13.8 Å². The number of allylic oxidation sites excluding steroid dienone is 2. The number of imidazole rings is 2. The Hall–Kier alpha value is -5.57. The molecule has 2 aromatic carbocycles. The first kappa shape index (κ1) is 36.2. The van der Waals surface area contributed by atoms with Crippen LogP contribution in [-0.4, -0.2) is 55.6 Å². The quantitative estimate of drug-likeness (QED) is 0.211. The number of primary amides is 1. The standard InChI is InChI=1S/C37H42BrN11O3/c1-9-48-30(16-23(5)42-48)34(51)40-36-44(7)29-18-25(33(39)50)14-15-27(29)46(36)19-21(3)22(4)20-47-28-13-11-12-26(38)32(28)45(8)37(47)41-35(52)31-17-24(6)43-49(31)10-2/h11-18H,9-10,19-20H2,1-8H3,(H2,39,50)/b22-21+,40-36?,41-37?. The number of halogens is 1. The maximum Gasteiger partial charge on any atom is 0.298 e. The number of carbonyl (C=O) groups is 3. The van der Waals surface area contributed by atoms with E-state index >= 15 is 0 Å². The number of fused-ring (bicyclic) bond motifs is 2. The second kappa shape index (κ2) is 14.2. The van der Waals surface area contributed by atoms with Gasteiger partial charge in [0.2, 0.25) is 17.1 Å². The van der Waals surface area contributed by atoms with E-state index in [-0.39, 0.29) is 5.91 Å². The van der Waals surface area contributed by atoms with E-state index in [9.17, 15) is 14.4 Å². The lowest BCUT2D eigenvalue weighted by Crippen LogP contribution is -2.28. The number of benzene rings is 2. The molecule has 0 unspecified atom stereocenters. The van der Waals surface area contributed by atoms with Crippen LogP contribution >= 0.6 is 15.9 Å². The smallest absolute Gasteiger partial charge is 0.298 e. The highest BCUT2D eigenvalue weighted by Crippen LogP contribution is 2.24. The molecule has 0 saturated carbocycles. The molecule has 4 heterocycles. The van der Waals surface area contributed by atoms with Gasteiger partial charge >= 0.3 is 0 Å². The van der Waals surface area contributed by atoms with Gasteiger partial charge in [0, 0.05) is 50.3 Å². The minimum atomic E-state index is -0.550. The van der Waals surface area contributed by atoms with Crippen molar-refractivity contribution in [3.8, 4) is 0 Å². The lowest BCUT2D eigenvalue weighted by Gasteiger charge is -2.12. The fourth-order valence-electron chi connectivity index (χ4n) is 6.55. The van der Waals surface area contributed by atoms with Gasteiger partial charge in [0.05, 0.1) is 33.5 Å². The first-order valence-electron chi connectivity index (χ1n) is 17.0. The molecular weight excluding hydrogens is 726 g/mol. The van der Waals surface area contributed by atoms with Crippen LogP contribution in [0.5, 0.6) is 0 Å². The molecule has 270 valence electrons. The number of hydrogen-bond donors (Lipinski definition) is 1. The third kappa shape index (κ3) is 6.51. The van der Waals surface area contributed by atoms with Crippen molar-refractivity contribution in [3.63, 3.8) is 0 Å². The molecule has 2 N–H and O–H groups in total. The highest BCUT2D eigenvalue weighted by Gasteiger charge is 2.20. The van der Waals surface area contributed by atoms with Crippen molar-refractivity contribution >= 4 is 55.7 Å². The van der Waals surface area contributed by atoms with Crippen LogP contribution in [0.2, 0.25) is 0 Å². The Morgan fingerprint density at radius 2 is 1.25 bits per heavy atom. The van der Waals surface area contributed by atoms with E-state index in [1.54, 1.807) is 38.2 Å². The van der Waals surface area contributed by atoms with Gasteiger partial charge in [0.15, 0.2) is 0 Å². The lowest BCUT2D eigenvalue weighted by molar-refractivity contribution is 0.0977. The summed E-state index contributed by atoms with van der Waals surface area (Å²) in [7, 11) is 3.71. The van der Waals surface area contributed by atoms with E-state index in [4.69, 9.17) is 5.73 Å². The van der Waals surface area contributed by atoms with Crippen molar-refractivity contribution in [2.45, 2.75) is 67.7 Å². The predicted octanol–water partition coefficient (Wildman–Crippen LogP) is 4.70. The maximum atomic E-state index is 13.7. The molecule has 0 spiro atoms. The van der Waals surface area contributed by atoms with Crippen molar-refractivity contribution in [3.05, 3.63) is 104 Å². The van der Waals surface area contributed by atoms with Gasteiger partial charge in [-0.2, -0.15) is 20.2 Å². The number of hydrogen-bond acceptors (Lipinski definition) is 5. The van der Waals surface area contributed by atoms with Crippen LogP contribution in [0.4, 0.5) is 0 Å². The van der Waals surface area contributed by atoms with Crippen LogP contribution in [0.15, 0.2) is 74.1 Å². The maximum absolute atomic E-state index is 13.7. The highest BCUT2D eigenvalue weighted by molar-refractivity contribution is 9.10. The number of rotatable bonds is 9. The minimum absolute atomic E-state index is 0.350. The largest absolute Gasteiger partial charge is 0.366 e. The van der Waals surface area contributed by atoms with Gasteiger partial charge in [0.1, 0.15) is 11.4 Å². The second-order valence-electron chi connectivity index (χ2n) is 12.9. The number of nitrogens with zero attached hydrogens (tertiary/aromatic N) is 10. The first-order valence-corrected chi connectivity index (χ1v) is 17.8. The minimum Gasteiger partial charge on any atom is -0.366 e. The Labute approximate surface area is 308 Å². The Morgan fingerprint density at radius 3 is 1.77 bits per heavy atom. The Kier molecular flexibility index (Phi) is 9.90. The molecule has 0 radical (unpaired) electrons. The molecule has 0 fully saturated rings. The van der Waals surface area contributed by atoms with Gasteiger partial charge < -0.3 is 24.0 Å². The van der Waals surface area contributed by atoms with Gasteiger partial charge in [-0.1, -0.05) is 17.2 Å². The molecule has 14 nitrogen and oxygen atoms in total. The zero-order valence-electron chi connectivity index (χ0n) is 30.6. The molecule has 4 aromatic heterocycles. The summed E-state index contributed by atoms with van der Waals surface area (Å²) in [6, 6.07) is 14.6. The first-order chi connectivity index (χ1) is 24.7. The molecule has 6 rings (SSSR count). The molecule has 0 atom stereocenters. The number of nitrogens with two attached hydrogens (primary N) is 1. The summed E-state index contributed by atoms with van der Waals surface area (Å²) in [5, 5.41) is 8.87. The molecule has 0 aliphatic carbocycles. The van der Waals surface area contributed by atoms with Gasteiger partial charge in [0.25, 0.3) is 11.8 Å². The molecule has 0 aliphatic rings. The van der Waals surface area contributed by atoms with Crippen molar-refractivity contribution in [1.29, 1.82) is 0 Å². The summed E-state index contributed by atoms with van der Waals surface area (Å²) in [5.74, 6) is -1.36. The van der Waals surface area contributed by atoms with Crippen LogP contribution in [0.1, 0.15) is 70.4 Å². The van der Waals surface area contributed by atoms with Gasteiger partial charge in [-0.15, -0.1) is 0 Å². The molecule has 15 heteroatoms. The van der Waals surface area contributed by atoms with E-state index in [1.807, 2.05) is 93.6 Å². The number of aryl methyl sites for hydroxylation is 6. The number of para-hydroxylation sites is 1. The van der Waals surface area contributed by atoms with Crippen molar-refractivity contribution in [1.82, 2.24) is 37.8 Å². The van der Waals surface area contributed by atoms with Crippen LogP contribution in [0.3, 0.4) is 0 Å². The molecular formula is C37H42BrN11O3. The number of amides is 3. The summed E-state index contributed by atoms with van der Waals surface area (Å²) in [6.07, 6.45) is 0. The fraction of sp³-hybridized carbons (Fsp3) is 0.324. The Balaban J connectivity index is 1.49. The molecule has 6 aromatic rings. The topological polar surface area (TPSA) is 157 Å². The number of carbonyl (C=O) groups excluding carboxylic acids is 3. The fourth-order valence-corrected chi connectivity index (χ4v) is 7.17. The van der Waals surface area contributed by atoms with E-state index in [1.165, 1.54) is 0 Å². The summed E-state index contributed by atoms with van der Waals surface area (Å²) < 4.78 is 11.9. The van der Waals surface area contributed by atoms with Crippen molar-refractivity contribution < 1.29 is 14.4 Å². The normalized spacial score (nSPS) is 13.1. The number of aromatic nitrogens is 8. The zero-order chi connectivity index (χ0) is 37.6. The van der Waals surface area contributed by atoms with Crippen molar-refractivity contribution in [2.24, 2.45) is 29.8 Å². The Morgan fingerprint density at radius 1 is 0.731 bits per heavy atom. The third-order valence-electron chi connectivity index (χ3n) is 9.35. The van der Waals surface area contributed by atoms with Gasteiger partial charge in [-0.25, -0.2) is 0 Å². The zero-order valence-corrected chi connectivity index (χ0v) is 32.2. The Bertz CT molecular complexity index is 2600. The van der Waals surface area contributed by atoms with E-state index in [0.29, 0.717) is 59.9 Å². The molecule has 52 heavy (non-hydrogen) atoms. The van der Waals surface area contributed by atoms with Crippen molar-refractivity contribution in [2.75, 3.05) is 0 Å². The van der Waals surface area contributed by atoms with E-state index < -0.39 is 11.8 Å². The predicted molar refractivity (Wildman–Crippen MR) is 201 cm³/mol. The second-order valence-corrected chi connectivity index (χ2v) is 13.8. The van der Waals surface area contributed by atoms with Gasteiger partial charge in [-0.05, 0) is 99.9 Å². The summed E-state index contributed by atoms with van der Waals surface area (Å²) in [5.41, 5.74) is 14.5. The molecule has 0 aliphatic heterocycles. The average molecular weight is 769 g/mol. The van der Waals surface area contributed by atoms with E-state index in [0.717, 1.165) is 43.6 Å². The summed E-state index contributed by atoms with van der Waals surface area (Å²) in [6.45, 7) is 13.5. The summed E-state index contributed by atoms with van der Waals surface area (Å²) in [4.78, 5) is 48.7. The molecule has 0 bridgehead atoms. The molecule has 3 amide bonds. The van der Waals surface area contributed by atoms with E-state index in [2.05, 4.69) is 36.1 Å². The van der Waals surface area contributed by atoms with Crippen LogP contribution in [-0.2, 0) is 40.3 Å². The molecule has 0 saturated heterocycles. The van der Waals surface area contributed by atoms with Crippen LogP contribution < -0.4 is 17.0 Å². The monoisotopic (exact) mass is 767 g/mol. The SMILES string of the molecule is CCn1nc(C)cc1C(=O)N=c1n(C)c2cc(C(N)=O)ccc2n1C/C(C)=C(\C)Cn1c(=NC(=O)c2cc(C)nn2CC)n(C)c2c(Br)cccc21.